The minimum absolute atomic E-state index is 0.00335. The molecule has 1 N–H and O–H groups in total. The van der Waals surface area contributed by atoms with Crippen LogP contribution in [0.25, 0.3) is 5.83 Å². The molecule has 15 heavy (non-hydrogen) atoms. The third-order valence-corrected chi connectivity index (χ3v) is 2.21. The summed E-state index contributed by atoms with van der Waals surface area (Å²) in [4.78, 5) is 11.8. The fourth-order valence-electron chi connectivity index (χ4n) is 1.08. The summed E-state index contributed by atoms with van der Waals surface area (Å²) in [5, 5.41) is 8.79. The molecule has 0 unspecified atom stereocenters. The predicted molar refractivity (Wildman–Crippen MR) is 58.0 cm³/mol. The van der Waals surface area contributed by atoms with Gasteiger partial charge in [-0.2, -0.15) is 0 Å². The van der Waals surface area contributed by atoms with Crippen LogP contribution < -0.4 is 4.74 Å². The number of halogens is 2. The highest BCUT2D eigenvalue weighted by molar-refractivity contribution is 9.11. The number of carbonyl (C=O) groups is 1. The van der Waals surface area contributed by atoms with E-state index in [9.17, 15) is 9.18 Å². The number of hydrogen-bond donors (Lipinski definition) is 1. The van der Waals surface area contributed by atoms with Gasteiger partial charge in [0.05, 0.1) is 7.11 Å². The number of rotatable bonds is 3. The summed E-state index contributed by atoms with van der Waals surface area (Å²) < 4.78 is 18.0. The van der Waals surface area contributed by atoms with Crippen LogP contribution in [0.1, 0.15) is 15.9 Å². The van der Waals surface area contributed by atoms with E-state index >= 15 is 0 Å². The van der Waals surface area contributed by atoms with Crippen LogP contribution in [-0.2, 0) is 0 Å². The molecule has 0 atom stereocenters. The second-order valence-electron chi connectivity index (χ2n) is 2.68. The molecule has 1 aromatic rings. The monoisotopic (exact) mass is 274 g/mol. The van der Waals surface area contributed by atoms with E-state index < -0.39 is 11.8 Å². The number of carboxylic acid groups (broad SMARTS) is 1. The van der Waals surface area contributed by atoms with Crippen molar-refractivity contribution >= 4 is 27.7 Å². The van der Waals surface area contributed by atoms with E-state index in [1.54, 1.807) is 0 Å². The molecular weight excluding hydrogens is 267 g/mol. The van der Waals surface area contributed by atoms with Crippen LogP contribution in [0.15, 0.2) is 23.2 Å². The van der Waals surface area contributed by atoms with Crippen molar-refractivity contribution in [3.63, 3.8) is 0 Å². The van der Waals surface area contributed by atoms with Crippen molar-refractivity contribution in [2.75, 3.05) is 7.11 Å². The zero-order valence-corrected chi connectivity index (χ0v) is 9.42. The lowest BCUT2D eigenvalue weighted by Crippen LogP contribution is -2.00. The van der Waals surface area contributed by atoms with Gasteiger partial charge in [0, 0.05) is 10.5 Å². The molecule has 0 aliphatic heterocycles. The predicted octanol–water partition coefficient (Wildman–Crippen LogP) is 3.06. The van der Waals surface area contributed by atoms with E-state index in [-0.39, 0.29) is 16.9 Å². The number of ether oxygens (including phenoxy) is 1. The Morgan fingerprint density at radius 1 is 1.60 bits per heavy atom. The van der Waals surface area contributed by atoms with Crippen molar-refractivity contribution in [1.29, 1.82) is 0 Å². The van der Waals surface area contributed by atoms with E-state index in [1.807, 2.05) is 0 Å². The number of carboxylic acids is 1. The minimum Gasteiger partial charge on any atom is -0.496 e. The smallest absolute Gasteiger partial charge is 0.339 e. The van der Waals surface area contributed by atoms with Crippen LogP contribution in [0.5, 0.6) is 5.75 Å². The Balaban J connectivity index is 3.25. The fraction of sp³-hybridized carbons (Fsp3) is 0.100. The van der Waals surface area contributed by atoms with E-state index in [4.69, 9.17) is 9.84 Å². The van der Waals surface area contributed by atoms with Gasteiger partial charge in [-0.15, -0.1) is 0 Å². The van der Waals surface area contributed by atoms with E-state index in [1.165, 1.54) is 25.3 Å². The molecule has 0 saturated carbocycles. The Hall–Kier alpha value is -1.36. The van der Waals surface area contributed by atoms with Gasteiger partial charge in [0.1, 0.15) is 17.1 Å². The topological polar surface area (TPSA) is 46.5 Å². The van der Waals surface area contributed by atoms with Gasteiger partial charge in [0.15, 0.2) is 0 Å². The van der Waals surface area contributed by atoms with E-state index in [0.717, 1.165) is 4.99 Å². The average Bonchev–Trinajstić information content (AvgIpc) is 2.26. The molecule has 0 heterocycles. The van der Waals surface area contributed by atoms with Crippen molar-refractivity contribution < 1.29 is 19.0 Å². The molecule has 3 nitrogen and oxygen atoms in total. The van der Waals surface area contributed by atoms with Gasteiger partial charge in [-0.25, -0.2) is 9.18 Å². The van der Waals surface area contributed by atoms with Crippen LogP contribution in [0.2, 0.25) is 0 Å². The third-order valence-electron chi connectivity index (χ3n) is 1.80. The maximum atomic E-state index is 13.1. The number of methoxy groups -OCH3 is 1. The number of hydrogen-bond acceptors (Lipinski definition) is 2. The van der Waals surface area contributed by atoms with E-state index in [0.29, 0.717) is 0 Å². The molecule has 0 bridgehead atoms. The van der Waals surface area contributed by atoms with Gasteiger partial charge < -0.3 is 9.84 Å². The second kappa shape index (κ2) is 4.93. The van der Waals surface area contributed by atoms with Gasteiger partial charge in [-0.1, -0.05) is 22.0 Å². The van der Waals surface area contributed by atoms with E-state index in [2.05, 4.69) is 15.9 Å². The summed E-state index contributed by atoms with van der Waals surface area (Å²) in [7, 11) is 1.33. The molecule has 0 aromatic heterocycles. The van der Waals surface area contributed by atoms with Crippen molar-refractivity contribution in [2.24, 2.45) is 0 Å². The average molecular weight is 275 g/mol. The molecule has 0 saturated heterocycles. The second-order valence-corrected chi connectivity index (χ2v) is 3.14. The fourth-order valence-corrected chi connectivity index (χ4v) is 1.34. The van der Waals surface area contributed by atoms with Gasteiger partial charge >= 0.3 is 5.97 Å². The first-order chi connectivity index (χ1) is 7.10. The highest BCUT2D eigenvalue weighted by Crippen LogP contribution is 2.25. The Morgan fingerprint density at radius 3 is 2.73 bits per heavy atom. The molecule has 5 heteroatoms. The molecule has 0 amide bonds. The van der Waals surface area contributed by atoms with Crippen LogP contribution in [0.4, 0.5) is 4.39 Å². The van der Waals surface area contributed by atoms with Gasteiger partial charge in [0.25, 0.3) is 0 Å². The lowest BCUT2D eigenvalue weighted by molar-refractivity contribution is 0.0693. The summed E-state index contributed by atoms with van der Waals surface area (Å²) in [6, 6.07) is 4.00. The SMILES string of the molecule is COc1cc(/C(F)=C/Br)ccc1C(=O)O. The Labute approximate surface area is 94.3 Å². The van der Waals surface area contributed by atoms with Crippen LogP contribution in [0.3, 0.4) is 0 Å². The highest BCUT2D eigenvalue weighted by atomic mass is 79.9. The minimum atomic E-state index is -1.11. The maximum Gasteiger partial charge on any atom is 0.339 e. The zero-order chi connectivity index (χ0) is 11.4. The first-order valence-corrected chi connectivity index (χ1v) is 4.89. The normalized spacial score (nSPS) is 11.3. The molecule has 0 radical (unpaired) electrons. The molecule has 0 aliphatic carbocycles. The van der Waals surface area contributed by atoms with Crippen molar-refractivity contribution in [3.8, 4) is 5.75 Å². The molecule has 0 fully saturated rings. The van der Waals surface area contributed by atoms with Crippen LogP contribution in [-0.4, -0.2) is 18.2 Å². The summed E-state index contributed by atoms with van der Waals surface area (Å²) in [6.45, 7) is 0. The number of aromatic carboxylic acids is 1. The Morgan fingerprint density at radius 2 is 2.27 bits per heavy atom. The lowest BCUT2D eigenvalue weighted by atomic mass is 10.1. The summed E-state index contributed by atoms with van der Waals surface area (Å²) in [6.07, 6.45) is 0. The quantitative estimate of drug-likeness (QED) is 0.922. The molecule has 1 aromatic carbocycles. The Kier molecular flexibility index (Phi) is 3.85. The van der Waals surface area contributed by atoms with Gasteiger partial charge in [-0.05, 0) is 12.1 Å². The standard InChI is InChI=1S/C10H8BrFO3/c1-15-9-4-6(8(12)5-11)2-3-7(9)10(13)14/h2-5H,1H3,(H,13,14)/b8-5-. The summed E-state index contributed by atoms with van der Waals surface area (Å²) in [5.74, 6) is -1.48. The van der Waals surface area contributed by atoms with Crippen LogP contribution in [0, 0.1) is 0 Å². The summed E-state index contributed by atoms with van der Waals surface area (Å²) >= 11 is 2.85. The first kappa shape index (κ1) is 11.7. The van der Waals surface area contributed by atoms with Crippen molar-refractivity contribution in [3.05, 3.63) is 34.3 Å². The molecular formula is C10H8BrFO3. The highest BCUT2D eigenvalue weighted by Gasteiger charge is 2.12. The molecule has 0 aliphatic rings. The number of benzene rings is 1. The van der Waals surface area contributed by atoms with Gasteiger partial charge in [-0.3, -0.25) is 0 Å². The maximum absolute atomic E-state index is 13.1. The molecule has 80 valence electrons. The van der Waals surface area contributed by atoms with Crippen molar-refractivity contribution in [1.82, 2.24) is 0 Å². The van der Waals surface area contributed by atoms with Gasteiger partial charge in [0.2, 0.25) is 0 Å². The first-order valence-electron chi connectivity index (χ1n) is 3.97. The Bertz CT molecular complexity index is 415. The molecule has 0 spiro atoms. The van der Waals surface area contributed by atoms with Crippen LogP contribution >= 0.6 is 15.9 Å². The largest absolute Gasteiger partial charge is 0.496 e. The van der Waals surface area contributed by atoms with Crippen molar-refractivity contribution in [2.45, 2.75) is 0 Å². The molecule has 1 rings (SSSR count). The zero-order valence-electron chi connectivity index (χ0n) is 7.83. The third kappa shape index (κ3) is 2.56. The lowest BCUT2D eigenvalue weighted by Gasteiger charge is -2.06. The summed E-state index contributed by atoms with van der Waals surface area (Å²) in [5.41, 5.74) is 0.261.